The Bertz CT molecular complexity index is 857. The van der Waals surface area contributed by atoms with Crippen LogP contribution in [0.5, 0.6) is 0 Å². The van der Waals surface area contributed by atoms with Crippen molar-refractivity contribution < 1.29 is 28.0 Å². The van der Waals surface area contributed by atoms with Gasteiger partial charge in [-0.2, -0.15) is 0 Å². The number of rotatable bonds is 5. The number of ether oxygens (including phenoxy) is 1. The lowest BCUT2D eigenvalue weighted by atomic mass is 10.2. The number of amides is 1. The molecule has 0 saturated carbocycles. The van der Waals surface area contributed by atoms with Gasteiger partial charge in [0.05, 0.1) is 16.2 Å². The summed E-state index contributed by atoms with van der Waals surface area (Å²) in [7, 11) is 0. The first kappa shape index (κ1) is 17.8. The minimum atomic E-state index is -1.00. The van der Waals surface area contributed by atoms with Crippen molar-refractivity contribution >= 4 is 28.9 Å². The molecule has 0 radical (unpaired) electrons. The third-order valence-corrected chi connectivity index (χ3v) is 3.00. The van der Waals surface area contributed by atoms with Crippen molar-refractivity contribution in [2.45, 2.75) is 0 Å². The van der Waals surface area contributed by atoms with E-state index in [2.05, 4.69) is 10.1 Å². The second kappa shape index (κ2) is 7.34. The van der Waals surface area contributed by atoms with E-state index in [0.717, 1.165) is 24.3 Å². The first-order valence-electron chi connectivity index (χ1n) is 6.74. The minimum Gasteiger partial charge on any atom is -0.452 e. The van der Waals surface area contributed by atoms with Crippen molar-refractivity contribution in [3.8, 4) is 0 Å². The van der Waals surface area contributed by atoms with Gasteiger partial charge in [-0.25, -0.2) is 13.6 Å². The van der Waals surface area contributed by atoms with E-state index < -0.39 is 40.7 Å². The van der Waals surface area contributed by atoms with Gasteiger partial charge in [-0.15, -0.1) is 0 Å². The number of nitro benzene ring substituents is 1. The standard InChI is InChI=1S/C15H11F2N3O5/c16-9-2-4-12(10(17)6-9)19-14(21)7-25-15(22)8-1-3-11(18)13(5-8)20(23)24/h1-6H,7,18H2,(H,19,21). The first-order valence-corrected chi connectivity index (χ1v) is 6.74. The van der Waals surface area contributed by atoms with Crippen LogP contribution in [-0.2, 0) is 9.53 Å². The summed E-state index contributed by atoms with van der Waals surface area (Å²) in [5, 5.41) is 12.9. The molecule has 2 aromatic carbocycles. The third kappa shape index (κ3) is 4.47. The third-order valence-electron chi connectivity index (χ3n) is 3.00. The highest BCUT2D eigenvalue weighted by atomic mass is 19.1. The van der Waals surface area contributed by atoms with Gasteiger partial charge in [0.1, 0.15) is 17.3 Å². The lowest BCUT2D eigenvalue weighted by Crippen LogP contribution is -2.21. The molecule has 0 fully saturated rings. The Kier molecular flexibility index (Phi) is 5.22. The monoisotopic (exact) mass is 351 g/mol. The van der Waals surface area contributed by atoms with E-state index in [1.165, 1.54) is 6.07 Å². The van der Waals surface area contributed by atoms with Gasteiger partial charge < -0.3 is 15.8 Å². The van der Waals surface area contributed by atoms with E-state index in [1.807, 2.05) is 0 Å². The molecule has 0 unspecified atom stereocenters. The Hall–Kier alpha value is -3.56. The molecular weight excluding hydrogens is 340 g/mol. The van der Waals surface area contributed by atoms with Gasteiger partial charge in [0, 0.05) is 12.1 Å². The van der Waals surface area contributed by atoms with Gasteiger partial charge in [0.2, 0.25) is 0 Å². The summed E-state index contributed by atoms with van der Waals surface area (Å²) in [6.07, 6.45) is 0. The van der Waals surface area contributed by atoms with Crippen LogP contribution in [0.2, 0.25) is 0 Å². The summed E-state index contributed by atoms with van der Waals surface area (Å²) in [4.78, 5) is 33.4. The Morgan fingerprint density at radius 3 is 2.56 bits per heavy atom. The van der Waals surface area contributed by atoms with E-state index in [4.69, 9.17) is 5.73 Å². The van der Waals surface area contributed by atoms with Gasteiger partial charge >= 0.3 is 5.97 Å². The van der Waals surface area contributed by atoms with Gasteiger partial charge in [-0.05, 0) is 24.3 Å². The number of halogens is 2. The average molecular weight is 351 g/mol. The molecule has 3 N–H and O–H groups in total. The molecule has 0 aliphatic carbocycles. The number of benzene rings is 2. The van der Waals surface area contributed by atoms with E-state index in [-0.39, 0.29) is 16.9 Å². The van der Waals surface area contributed by atoms with Crippen molar-refractivity contribution in [2.75, 3.05) is 17.7 Å². The molecule has 0 aliphatic heterocycles. The lowest BCUT2D eigenvalue weighted by Gasteiger charge is -2.08. The summed E-state index contributed by atoms with van der Waals surface area (Å²) in [6.45, 7) is -0.770. The number of esters is 1. The maximum atomic E-state index is 13.4. The lowest BCUT2D eigenvalue weighted by molar-refractivity contribution is -0.383. The molecule has 0 aromatic heterocycles. The molecule has 130 valence electrons. The van der Waals surface area contributed by atoms with Crippen molar-refractivity contribution in [2.24, 2.45) is 0 Å². The van der Waals surface area contributed by atoms with Gasteiger partial charge in [0.15, 0.2) is 6.61 Å². The summed E-state index contributed by atoms with van der Waals surface area (Å²) < 4.78 is 30.8. The number of hydrogen-bond acceptors (Lipinski definition) is 6. The SMILES string of the molecule is Nc1ccc(C(=O)OCC(=O)Nc2ccc(F)cc2F)cc1[N+](=O)[O-]. The van der Waals surface area contributed by atoms with E-state index in [9.17, 15) is 28.5 Å². The first-order chi connectivity index (χ1) is 11.8. The fraction of sp³-hybridized carbons (Fsp3) is 0.0667. The molecule has 10 heteroatoms. The van der Waals surface area contributed by atoms with Crippen LogP contribution >= 0.6 is 0 Å². The highest BCUT2D eigenvalue weighted by Crippen LogP contribution is 2.22. The molecule has 1 amide bonds. The van der Waals surface area contributed by atoms with E-state index in [0.29, 0.717) is 6.07 Å². The van der Waals surface area contributed by atoms with E-state index in [1.54, 1.807) is 0 Å². The molecule has 0 bridgehead atoms. The van der Waals surface area contributed by atoms with Crippen molar-refractivity contribution in [1.82, 2.24) is 0 Å². The van der Waals surface area contributed by atoms with Crippen molar-refractivity contribution in [3.05, 3.63) is 63.7 Å². The Morgan fingerprint density at radius 2 is 1.92 bits per heavy atom. The van der Waals surface area contributed by atoms with Crippen LogP contribution < -0.4 is 11.1 Å². The molecule has 0 spiro atoms. The molecule has 0 heterocycles. The zero-order valence-electron chi connectivity index (χ0n) is 12.5. The summed E-state index contributed by atoms with van der Waals surface area (Å²) in [5.74, 6) is -3.68. The number of carbonyl (C=O) groups excluding carboxylic acids is 2. The summed E-state index contributed by atoms with van der Waals surface area (Å²) in [5.41, 5.74) is 4.33. The van der Waals surface area contributed by atoms with Crippen LogP contribution in [-0.4, -0.2) is 23.4 Å². The fourth-order valence-corrected chi connectivity index (χ4v) is 1.82. The largest absolute Gasteiger partial charge is 0.452 e. The van der Waals surface area contributed by atoms with Crippen LogP contribution in [0.25, 0.3) is 0 Å². The maximum Gasteiger partial charge on any atom is 0.338 e. The summed E-state index contributed by atoms with van der Waals surface area (Å²) in [6, 6.07) is 5.79. The average Bonchev–Trinajstić information content (AvgIpc) is 2.55. The zero-order valence-corrected chi connectivity index (χ0v) is 12.5. The van der Waals surface area contributed by atoms with Gasteiger partial charge in [0.25, 0.3) is 11.6 Å². The quantitative estimate of drug-likeness (QED) is 0.368. The molecule has 0 aliphatic rings. The minimum absolute atomic E-state index is 0.133. The molecule has 8 nitrogen and oxygen atoms in total. The maximum absolute atomic E-state index is 13.4. The number of nitrogen functional groups attached to an aromatic ring is 1. The molecule has 0 atom stereocenters. The van der Waals surface area contributed by atoms with E-state index >= 15 is 0 Å². The van der Waals surface area contributed by atoms with Crippen molar-refractivity contribution in [1.29, 1.82) is 0 Å². The molecular formula is C15H11F2N3O5. The van der Waals surface area contributed by atoms with Crippen LogP contribution in [0.4, 0.5) is 25.8 Å². The fourth-order valence-electron chi connectivity index (χ4n) is 1.82. The van der Waals surface area contributed by atoms with Gasteiger partial charge in [-0.1, -0.05) is 0 Å². The summed E-state index contributed by atoms with van der Waals surface area (Å²) >= 11 is 0. The normalized spacial score (nSPS) is 10.2. The predicted molar refractivity (Wildman–Crippen MR) is 82.8 cm³/mol. The highest BCUT2D eigenvalue weighted by Gasteiger charge is 2.17. The number of nitro groups is 1. The van der Waals surface area contributed by atoms with Crippen LogP contribution in [0.3, 0.4) is 0 Å². The van der Waals surface area contributed by atoms with Gasteiger partial charge in [-0.3, -0.25) is 14.9 Å². The Morgan fingerprint density at radius 1 is 1.20 bits per heavy atom. The van der Waals surface area contributed by atoms with Crippen LogP contribution in [0, 0.1) is 21.7 Å². The zero-order chi connectivity index (χ0) is 18.6. The van der Waals surface area contributed by atoms with Crippen LogP contribution in [0.1, 0.15) is 10.4 Å². The number of anilines is 2. The number of nitrogens with zero attached hydrogens (tertiary/aromatic N) is 1. The Labute approximate surface area is 139 Å². The smallest absolute Gasteiger partial charge is 0.338 e. The Balaban J connectivity index is 1.98. The van der Waals surface area contributed by atoms with Crippen molar-refractivity contribution in [3.63, 3.8) is 0 Å². The molecule has 25 heavy (non-hydrogen) atoms. The number of nitrogens with one attached hydrogen (secondary N) is 1. The predicted octanol–water partition coefficient (Wildman–Crippen LogP) is 2.25. The topological polar surface area (TPSA) is 125 Å². The second-order valence-electron chi connectivity index (χ2n) is 4.78. The molecule has 2 rings (SSSR count). The number of nitrogens with two attached hydrogens (primary N) is 1. The molecule has 0 saturated heterocycles. The number of carbonyl (C=O) groups is 2. The number of hydrogen-bond donors (Lipinski definition) is 2. The van der Waals surface area contributed by atoms with Crippen LogP contribution in [0.15, 0.2) is 36.4 Å². The second-order valence-corrected chi connectivity index (χ2v) is 4.78. The highest BCUT2D eigenvalue weighted by molar-refractivity contribution is 5.96. The molecule has 2 aromatic rings.